The lowest BCUT2D eigenvalue weighted by molar-refractivity contribution is 0.0960. The number of hydrogen-bond donors (Lipinski definition) is 3. The lowest BCUT2D eigenvalue weighted by Gasteiger charge is -2.14. The van der Waals surface area contributed by atoms with Gasteiger partial charge in [-0.05, 0) is 25.3 Å². The van der Waals surface area contributed by atoms with Crippen molar-refractivity contribution in [3.05, 3.63) is 10.9 Å². The molecular weight excluding hydrogens is 270 g/mol. The van der Waals surface area contributed by atoms with Gasteiger partial charge in [-0.1, -0.05) is 33.1 Å². The second kappa shape index (κ2) is 8.84. The fraction of sp³-hybridized carbons (Fsp3) is 0.667. The standard InChI is InChI=1S/C15H27N3OS/c1-4-7-8-11(5-2)10-18-13-9-12(16)14(20-13)15(19)17-6-3/h9,11,18H,4-8,10,16H2,1-3H3,(H,17,19). The lowest BCUT2D eigenvalue weighted by Crippen LogP contribution is -2.22. The van der Waals surface area contributed by atoms with Crippen molar-refractivity contribution in [1.29, 1.82) is 0 Å². The van der Waals surface area contributed by atoms with Crippen molar-refractivity contribution < 1.29 is 4.79 Å². The van der Waals surface area contributed by atoms with Gasteiger partial charge in [-0.25, -0.2) is 0 Å². The maximum atomic E-state index is 11.8. The minimum Gasteiger partial charge on any atom is -0.397 e. The Bertz CT molecular complexity index is 417. The molecule has 0 saturated heterocycles. The highest BCUT2D eigenvalue weighted by Gasteiger charge is 2.14. The number of anilines is 2. The van der Waals surface area contributed by atoms with Gasteiger partial charge in [0.15, 0.2) is 0 Å². The van der Waals surface area contributed by atoms with Gasteiger partial charge in [0.1, 0.15) is 4.88 Å². The molecule has 0 saturated carbocycles. The van der Waals surface area contributed by atoms with Crippen molar-refractivity contribution in [2.45, 2.75) is 46.5 Å². The van der Waals surface area contributed by atoms with Crippen LogP contribution in [-0.4, -0.2) is 19.0 Å². The van der Waals surface area contributed by atoms with E-state index in [1.54, 1.807) is 0 Å². The van der Waals surface area contributed by atoms with Gasteiger partial charge in [-0.3, -0.25) is 4.79 Å². The molecule has 1 atom stereocenters. The van der Waals surface area contributed by atoms with Crippen LogP contribution in [0.5, 0.6) is 0 Å². The van der Waals surface area contributed by atoms with Crippen LogP contribution in [0, 0.1) is 5.92 Å². The van der Waals surface area contributed by atoms with Crippen molar-refractivity contribution in [3.63, 3.8) is 0 Å². The summed E-state index contributed by atoms with van der Waals surface area (Å²) < 4.78 is 0. The number of nitrogens with two attached hydrogens (primary N) is 1. The topological polar surface area (TPSA) is 67.1 Å². The number of rotatable bonds is 9. The number of carbonyl (C=O) groups excluding carboxylic acids is 1. The smallest absolute Gasteiger partial charge is 0.263 e. The summed E-state index contributed by atoms with van der Waals surface area (Å²) in [6, 6.07) is 1.86. The molecule has 1 aromatic rings. The van der Waals surface area contributed by atoms with Crippen molar-refractivity contribution in [2.24, 2.45) is 5.92 Å². The summed E-state index contributed by atoms with van der Waals surface area (Å²) in [7, 11) is 0. The molecule has 114 valence electrons. The molecule has 20 heavy (non-hydrogen) atoms. The van der Waals surface area contributed by atoms with E-state index >= 15 is 0 Å². The Kier molecular flexibility index (Phi) is 7.44. The van der Waals surface area contributed by atoms with Gasteiger partial charge < -0.3 is 16.4 Å². The molecule has 0 aliphatic carbocycles. The summed E-state index contributed by atoms with van der Waals surface area (Å²) in [4.78, 5) is 12.4. The normalized spacial score (nSPS) is 12.2. The van der Waals surface area contributed by atoms with Crippen LogP contribution in [0.1, 0.15) is 56.1 Å². The first-order valence-corrected chi connectivity index (χ1v) is 8.35. The maximum Gasteiger partial charge on any atom is 0.263 e. The Morgan fingerprint density at radius 1 is 1.40 bits per heavy atom. The molecular formula is C15H27N3OS. The minimum atomic E-state index is -0.0823. The SMILES string of the molecule is CCCCC(CC)CNc1cc(N)c(C(=O)NCC)s1. The van der Waals surface area contributed by atoms with Gasteiger partial charge in [0.2, 0.25) is 0 Å². The Morgan fingerprint density at radius 3 is 2.75 bits per heavy atom. The molecule has 0 aliphatic rings. The predicted molar refractivity (Wildman–Crippen MR) is 88.5 cm³/mol. The van der Waals surface area contributed by atoms with Crippen LogP contribution in [0.2, 0.25) is 0 Å². The molecule has 1 heterocycles. The second-order valence-corrected chi connectivity index (χ2v) is 6.10. The molecule has 1 amide bonds. The number of thiophene rings is 1. The molecule has 1 unspecified atom stereocenters. The number of carbonyl (C=O) groups is 1. The van der Waals surface area contributed by atoms with E-state index < -0.39 is 0 Å². The molecule has 1 rings (SSSR count). The molecule has 0 radical (unpaired) electrons. The highest BCUT2D eigenvalue weighted by Crippen LogP contribution is 2.29. The van der Waals surface area contributed by atoms with Gasteiger partial charge in [-0.2, -0.15) is 0 Å². The maximum absolute atomic E-state index is 11.8. The van der Waals surface area contributed by atoms with E-state index in [0.29, 0.717) is 23.0 Å². The number of nitrogen functional groups attached to an aromatic ring is 1. The van der Waals surface area contributed by atoms with Crippen LogP contribution in [0.25, 0.3) is 0 Å². The first-order chi connectivity index (χ1) is 9.62. The number of amides is 1. The molecule has 0 aromatic carbocycles. The number of unbranched alkanes of at least 4 members (excludes halogenated alkanes) is 1. The third-order valence-electron chi connectivity index (χ3n) is 3.41. The molecule has 0 spiro atoms. The van der Waals surface area contributed by atoms with Crippen molar-refractivity contribution >= 4 is 27.9 Å². The summed E-state index contributed by atoms with van der Waals surface area (Å²) >= 11 is 1.44. The summed E-state index contributed by atoms with van der Waals surface area (Å²) in [5.74, 6) is 0.604. The zero-order valence-corrected chi connectivity index (χ0v) is 13.6. The van der Waals surface area contributed by atoms with Crippen LogP contribution in [-0.2, 0) is 0 Å². The molecule has 4 nitrogen and oxygen atoms in total. The summed E-state index contributed by atoms with van der Waals surface area (Å²) in [6.45, 7) is 7.92. The molecule has 0 fully saturated rings. The van der Waals surface area contributed by atoms with Gasteiger partial charge in [0, 0.05) is 13.1 Å². The average Bonchev–Trinajstić information content (AvgIpc) is 2.80. The highest BCUT2D eigenvalue weighted by atomic mass is 32.1. The largest absolute Gasteiger partial charge is 0.397 e. The Hall–Kier alpha value is -1.23. The van der Waals surface area contributed by atoms with E-state index in [-0.39, 0.29) is 5.91 Å². The van der Waals surface area contributed by atoms with Crippen molar-refractivity contribution in [3.8, 4) is 0 Å². The third kappa shape index (κ3) is 5.04. The molecule has 4 N–H and O–H groups in total. The van der Waals surface area contributed by atoms with E-state index in [4.69, 9.17) is 5.73 Å². The summed E-state index contributed by atoms with van der Waals surface area (Å²) in [6.07, 6.45) is 4.95. The Balaban J connectivity index is 2.56. The zero-order chi connectivity index (χ0) is 15.0. The van der Waals surface area contributed by atoms with Crippen LogP contribution < -0.4 is 16.4 Å². The van der Waals surface area contributed by atoms with Crippen LogP contribution in [0.3, 0.4) is 0 Å². The molecule has 0 aliphatic heterocycles. The number of nitrogens with one attached hydrogen (secondary N) is 2. The Morgan fingerprint density at radius 2 is 2.15 bits per heavy atom. The molecule has 5 heteroatoms. The van der Waals surface area contributed by atoms with Crippen LogP contribution >= 0.6 is 11.3 Å². The molecule has 1 aromatic heterocycles. The van der Waals surface area contributed by atoms with E-state index in [2.05, 4.69) is 24.5 Å². The van der Waals surface area contributed by atoms with Gasteiger partial charge >= 0.3 is 0 Å². The van der Waals surface area contributed by atoms with Gasteiger partial charge in [0.05, 0.1) is 10.7 Å². The fourth-order valence-corrected chi connectivity index (χ4v) is 3.00. The summed E-state index contributed by atoms with van der Waals surface area (Å²) in [5.41, 5.74) is 6.46. The first kappa shape index (κ1) is 16.8. The van der Waals surface area contributed by atoms with Gasteiger partial charge in [-0.15, -0.1) is 11.3 Å². The number of hydrogen-bond acceptors (Lipinski definition) is 4. The van der Waals surface area contributed by atoms with E-state index in [1.807, 2.05) is 13.0 Å². The zero-order valence-electron chi connectivity index (χ0n) is 12.8. The molecule has 0 bridgehead atoms. The monoisotopic (exact) mass is 297 g/mol. The van der Waals surface area contributed by atoms with Crippen molar-refractivity contribution in [1.82, 2.24) is 5.32 Å². The predicted octanol–water partition coefficient (Wildman–Crippen LogP) is 3.71. The third-order valence-corrected chi connectivity index (χ3v) is 4.52. The second-order valence-electron chi connectivity index (χ2n) is 5.05. The minimum absolute atomic E-state index is 0.0823. The van der Waals surface area contributed by atoms with Crippen LogP contribution in [0.15, 0.2) is 6.07 Å². The van der Waals surface area contributed by atoms with E-state index in [1.165, 1.54) is 37.0 Å². The van der Waals surface area contributed by atoms with Crippen molar-refractivity contribution in [2.75, 3.05) is 24.1 Å². The lowest BCUT2D eigenvalue weighted by atomic mass is 9.99. The fourth-order valence-electron chi connectivity index (χ4n) is 2.10. The van der Waals surface area contributed by atoms with Gasteiger partial charge in [0.25, 0.3) is 5.91 Å². The van der Waals surface area contributed by atoms with E-state index in [9.17, 15) is 4.79 Å². The van der Waals surface area contributed by atoms with Crippen LogP contribution in [0.4, 0.5) is 10.7 Å². The highest BCUT2D eigenvalue weighted by molar-refractivity contribution is 7.18. The van der Waals surface area contributed by atoms with E-state index in [0.717, 1.165) is 11.5 Å². The average molecular weight is 297 g/mol. The Labute approximate surface area is 126 Å². The quantitative estimate of drug-likeness (QED) is 0.651. The first-order valence-electron chi connectivity index (χ1n) is 7.53. The summed E-state index contributed by atoms with van der Waals surface area (Å²) in [5, 5.41) is 7.19.